The number of ether oxygens (including phenoxy) is 3. The zero-order chi connectivity index (χ0) is 34.4. The van der Waals surface area contributed by atoms with Crippen molar-refractivity contribution in [3.8, 4) is 22.4 Å². The van der Waals surface area contributed by atoms with Gasteiger partial charge in [-0.1, -0.05) is 43.3 Å². The molecule has 8 rings (SSSR count). The molecule has 3 N–H and O–H groups in total. The van der Waals surface area contributed by atoms with Gasteiger partial charge in [-0.05, 0) is 53.5 Å². The molecule has 2 fully saturated rings. The standard InChI is InChI=1S/C37H39N7O6/c1-3-12-43(32(46)18-38-36(47)48-2)19-31-39-28-10-6-24-15-22(4-8-26(24)33(28)41-31)23-5-9-27-25(16-23)7-11-29-34(27)42-35(40-29)30-17-37(20-44(30)21-45)49-13-14-50-37/h4-6,8-10,15-16,21,30H,3,7,11-14,17-20H2,1-2H3,(H,38,47)(H,39,41)(H,40,42). The van der Waals surface area contributed by atoms with Gasteiger partial charge in [-0.15, -0.1) is 0 Å². The van der Waals surface area contributed by atoms with Crippen molar-refractivity contribution in [1.29, 1.82) is 0 Å². The van der Waals surface area contributed by atoms with E-state index in [1.54, 1.807) is 9.80 Å². The molecule has 2 aromatic heterocycles. The summed E-state index contributed by atoms with van der Waals surface area (Å²) in [4.78, 5) is 56.5. The first kappa shape index (κ1) is 32.0. The highest BCUT2D eigenvalue weighted by molar-refractivity contribution is 6.05. The molecule has 5 aromatic rings. The van der Waals surface area contributed by atoms with Gasteiger partial charge in [0.1, 0.15) is 18.2 Å². The third-order valence-corrected chi connectivity index (χ3v) is 10.0. The summed E-state index contributed by atoms with van der Waals surface area (Å²) in [6.07, 6.45) is 3.28. The fraction of sp³-hybridized carbons (Fsp3) is 0.378. The molecule has 13 heteroatoms. The van der Waals surface area contributed by atoms with Crippen LogP contribution >= 0.6 is 0 Å². The predicted octanol–water partition coefficient (Wildman–Crippen LogP) is 4.61. The average Bonchev–Trinajstić information content (AvgIpc) is 3.95. The SMILES string of the molecule is CCCN(Cc1nc2c(ccc3cc(-c4ccc5c(c4)CCc4[nH]c(C6CC7(CN6C=O)OCCO7)nc4-5)ccc32)[nH]1)C(=O)CNC(=O)OC. The third-order valence-electron chi connectivity index (χ3n) is 10.0. The molecule has 1 spiro atoms. The maximum absolute atomic E-state index is 12.8. The van der Waals surface area contributed by atoms with Crippen LogP contribution in [-0.2, 0) is 43.2 Å². The summed E-state index contributed by atoms with van der Waals surface area (Å²) in [7, 11) is 1.27. The van der Waals surface area contributed by atoms with Gasteiger partial charge in [0.15, 0.2) is 5.79 Å². The lowest BCUT2D eigenvalue weighted by molar-refractivity contribution is -0.148. The van der Waals surface area contributed by atoms with Gasteiger partial charge in [0.2, 0.25) is 12.3 Å². The number of alkyl carbamates (subject to hydrolysis) is 1. The molecule has 3 aromatic carbocycles. The Morgan fingerprint density at radius 2 is 1.90 bits per heavy atom. The molecular weight excluding hydrogens is 638 g/mol. The Kier molecular flexibility index (Phi) is 8.24. The molecule has 3 amide bonds. The maximum atomic E-state index is 12.8. The second-order valence-corrected chi connectivity index (χ2v) is 13.2. The summed E-state index contributed by atoms with van der Waals surface area (Å²) in [6, 6.07) is 16.9. The Morgan fingerprint density at radius 1 is 1.08 bits per heavy atom. The van der Waals surface area contributed by atoms with Crippen molar-refractivity contribution in [2.75, 3.05) is 40.0 Å². The summed E-state index contributed by atoms with van der Waals surface area (Å²) in [5.74, 6) is 0.511. The number of aromatic amines is 2. The lowest BCUT2D eigenvalue weighted by Gasteiger charge is -2.21. The quantitative estimate of drug-likeness (QED) is 0.191. The molecule has 1 atom stereocenters. The van der Waals surface area contributed by atoms with Crippen LogP contribution in [0.2, 0.25) is 0 Å². The number of amides is 3. The highest BCUT2D eigenvalue weighted by atomic mass is 16.7. The zero-order valence-corrected chi connectivity index (χ0v) is 28.1. The van der Waals surface area contributed by atoms with Crippen LogP contribution in [0.3, 0.4) is 0 Å². The van der Waals surface area contributed by atoms with Gasteiger partial charge in [0, 0.05) is 29.6 Å². The molecule has 1 aliphatic carbocycles. The first-order chi connectivity index (χ1) is 24.4. The molecule has 2 aliphatic heterocycles. The van der Waals surface area contributed by atoms with Gasteiger partial charge < -0.3 is 39.3 Å². The van der Waals surface area contributed by atoms with Crippen molar-refractivity contribution in [3.63, 3.8) is 0 Å². The molecule has 0 radical (unpaired) electrons. The Balaban J connectivity index is 1.03. The van der Waals surface area contributed by atoms with E-state index in [1.165, 1.54) is 12.7 Å². The first-order valence-electron chi connectivity index (χ1n) is 17.1. The molecule has 13 nitrogen and oxygen atoms in total. The van der Waals surface area contributed by atoms with E-state index in [2.05, 4.69) is 62.5 Å². The van der Waals surface area contributed by atoms with Crippen LogP contribution in [0.5, 0.6) is 0 Å². The fourth-order valence-corrected chi connectivity index (χ4v) is 7.58. The van der Waals surface area contributed by atoms with Crippen molar-refractivity contribution in [1.82, 2.24) is 35.1 Å². The predicted molar refractivity (Wildman–Crippen MR) is 185 cm³/mol. The molecule has 50 heavy (non-hydrogen) atoms. The number of carbonyl (C=O) groups excluding carboxylic acids is 3. The lowest BCUT2D eigenvalue weighted by atomic mass is 9.89. The lowest BCUT2D eigenvalue weighted by Crippen LogP contribution is -2.40. The molecular formula is C37H39N7O6. The summed E-state index contributed by atoms with van der Waals surface area (Å²) < 4.78 is 16.4. The summed E-state index contributed by atoms with van der Waals surface area (Å²) in [5.41, 5.74) is 8.37. The van der Waals surface area contributed by atoms with Gasteiger partial charge in [-0.25, -0.2) is 14.8 Å². The van der Waals surface area contributed by atoms with Gasteiger partial charge in [0.05, 0.1) is 56.2 Å². The van der Waals surface area contributed by atoms with Crippen LogP contribution in [-0.4, -0.2) is 93.9 Å². The number of nitrogens with zero attached hydrogens (tertiary/aromatic N) is 4. The summed E-state index contributed by atoms with van der Waals surface area (Å²) in [5, 5.41) is 4.55. The number of methoxy groups -OCH3 is 1. The van der Waals surface area contributed by atoms with Gasteiger partial charge in [-0.2, -0.15) is 0 Å². The Hall–Kier alpha value is -5.27. The number of carbonyl (C=O) groups is 3. The van der Waals surface area contributed by atoms with Crippen LogP contribution in [0.4, 0.5) is 4.79 Å². The van der Waals surface area contributed by atoms with E-state index in [9.17, 15) is 14.4 Å². The van der Waals surface area contributed by atoms with Crippen LogP contribution < -0.4 is 5.32 Å². The summed E-state index contributed by atoms with van der Waals surface area (Å²) >= 11 is 0. The number of aryl methyl sites for hydroxylation is 2. The average molecular weight is 678 g/mol. The number of hydrogen-bond acceptors (Lipinski definition) is 8. The second kappa shape index (κ2) is 12.9. The Labute approximate surface area is 288 Å². The van der Waals surface area contributed by atoms with E-state index in [0.29, 0.717) is 45.1 Å². The second-order valence-electron chi connectivity index (χ2n) is 13.2. The normalized spacial score (nSPS) is 17.6. The van der Waals surface area contributed by atoms with Crippen molar-refractivity contribution >= 4 is 40.2 Å². The Bertz CT molecular complexity index is 2120. The minimum Gasteiger partial charge on any atom is -0.453 e. The molecule has 0 saturated carbocycles. The van der Waals surface area contributed by atoms with Gasteiger partial charge >= 0.3 is 6.09 Å². The number of imidazole rings is 2. The van der Waals surface area contributed by atoms with Crippen molar-refractivity contribution < 1.29 is 28.6 Å². The first-order valence-corrected chi connectivity index (χ1v) is 17.1. The van der Waals surface area contributed by atoms with Gasteiger partial charge in [-0.3, -0.25) is 9.59 Å². The van der Waals surface area contributed by atoms with Crippen molar-refractivity contribution in [3.05, 3.63) is 71.4 Å². The molecule has 258 valence electrons. The number of hydrogen-bond donors (Lipinski definition) is 3. The minimum atomic E-state index is -0.737. The van der Waals surface area contributed by atoms with E-state index >= 15 is 0 Å². The molecule has 0 bridgehead atoms. The van der Waals surface area contributed by atoms with E-state index in [1.807, 2.05) is 13.0 Å². The smallest absolute Gasteiger partial charge is 0.407 e. The Morgan fingerprint density at radius 3 is 2.70 bits per heavy atom. The fourth-order valence-electron chi connectivity index (χ4n) is 7.58. The van der Waals surface area contributed by atoms with Crippen molar-refractivity contribution in [2.24, 2.45) is 0 Å². The van der Waals surface area contributed by atoms with Crippen LogP contribution in [0, 0.1) is 0 Å². The number of likely N-dealkylation sites (tertiary alicyclic amines) is 1. The van der Waals surface area contributed by atoms with Crippen molar-refractivity contribution in [2.45, 2.75) is 51.0 Å². The number of benzene rings is 3. The number of fused-ring (bicyclic) bond motifs is 6. The van der Waals surface area contributed by atoms with E-state index < -0.39 is 11.9 Å². The molecule has 2 saturated heterocycles. The minimum absolute atomic E-state index is 0.141. The highest BCUT2D eigenvalue weighted by Gasteiger charge is 2.50. The largest absolute Gasteiger partial charge is 0.453 e. The molecule has 4 heterocycles. The zero-order valence-electron chi connectivity index (χ0n) is 28.1. The maximum Gasteiger partial charge on any atom is 0.407 e. The monoisotopic (exact) mass is 677 g/mol. The van der Waals surface area contributed by atoms with Crippen LogP contribution in [0.25, 0.3) is 44.2 Å². The van der Waals surface area contributed by atoms with E-state index in [0.717, 1.165) is 81.4 Å². The molecule has 1 unspecified atom stereocenters. The number of rotatable bonds is 9. The number of nitrogens with one attached hydrogen (secondary N) is 3. The van der Waals surface area contributed by atoms with Crippen LogP contribution in [0.15, 0.2) is 48.5 Å². The topological polar surface area (TPSA) is 155 Å². The van der Waals surface area contributed by atoms with E-state index in [-0.39, 0.29) is 18.5 Å². The van der Waals surface area contributed by atoms with Crippen LogP contribution in [0.1, 0.15) is 48.7 Å². The summed E-state index contributed by atoms with van der Waals surface area (Å²) in [6.45, 7) is 4.18. The number of H-pyrrole nitrogens is 2. The highest BCUT2D eigenvalue weighted by Crippen LogP contribution is 2.43. The molecule has 3 aliphatic rings. The third kappa shape index (κ3) is 5.75. The van der Waals surface area contributed by atoms with E-state index in [4.69, 9.17) is 19.4 Å². The van der Waals surface area contributed by atoms with Gasteiger partial charge in [0.25, 0.3) is 0 Å². The number of aromatic nitrogens is 4.